The Balaban J connectivity index is 2.99. The van der Waals surface area contributed by atoms with E-state index in [0.29, 0.717) is 12.2 Å². The molecular formula is C14H26N2O3S. The van der Waals surface area contributed by atoms with Gasteiger partial charge in [0.25, 0.3) is 0 Å². The fourth-order valence-corrected chi connectivity index (χ4v) is 3.04. The van der Waals surface area contributed by atoms with E-state index in [1.165, 1.54) is 6.07 Å². The molecule has 0 aliphatic rings. The SMILES string of the molecule is CCC(C)(C)CNS(=O)(=O)c1cc(CO)n(C(C)C)c1. The van der Waals surface area contributed by atoms with Crippen LogP contribution < -0.4 is 4.72 Å². The molecule has 0 fully saturated rings. The lowest BCUT2D eigenvalue weighted by atomic mass is 9.91. The van der Waals surface area contributed by atoms with Crippen LogP contribution >= 0.6 is 0 Å². The number of aliphatic hydroxyl groups is 1. The molecule has 0 atom stereocenters. The van der Waals surface area contributed by atoms with Crippen LogP contribution in [0.1, 0.15) is 52.8 Å². The molecule has 6 heteroatoms. The van der Waals surface area contributed by atoms with Crippen molar-refractivity contribution in [1.29, 1.82) is 0 Å². The fraction of sp³-hybridized carbons (Fsp3) is 0.714. The Bertz CT molecular complexity index is 545. The van der Waals surface area contributed by atoms with Crippen LogP contribution in [-0.2, 0) is 16.6 Å². The molecule has 2 N–H and O–H groups in total. The monoisotopic (exact) mass is 302 g/mol. The minimum Gasteiger partial charge on any atom is -0.390 e. The first-order valence-electron chi connectivity index (χ1n) is 6.94. The van der Waals surface area contributed by atoms with Crippen molar-refractivity contribution in [3.05, 3.63) is 18.0 Å². The van der Waals surface area contributed by atoms with Crippen LogP contribution in [0.25, 0.3) is 0 Å². The topological polar surface area (TPSA) is 71.3 Å². The molecule has 0 aliphatic carbocycles. The van der Waals surface area contributed by atoms with Crippen LogP contribution in [0, 0.1) is 5.41 Å². The van der Waals surface area contributed by atoms with Crippen molar-refractivity contribution in [2.45, 2.75) is 58.6 Å². The zero-order valence-electron chi connectivity index (χ0n) is 13.0. The molecule has 0 bridgehead atoms. The van der Waals surface area contributed by atoms with Crippen molar-refractivity contribution in [3.8, 4) is 0 Å². The van der Waals surface area contributed by atoms with Crippen molar-refractivity contribution >= 4 is 10.0 Å². The maximum atomic E-state index is 12.3. The average molecular weight is 302 g/mol. The number of aromatic nitrogens is 1. The summed E-state index contributed by atoms with van der Waals surface area (Å²) in [6.07, 6.45) is 2.47. The van der Waals surface area contributed by atoms with Gasteiger partial charge in [-0.2, -0.15) is 0 Å². The van der Waals surface area contributed by atoms with Crippen molar-refractivity contribution in [3.63, 3.8) is 0 Å². The third-order valence-electron chi connectivity index (χ3n) is 3.63. The first-order chi connectivity index (χ1) is 9.13. The summed E-state index contributed by atoms with van der Waals surface area (Å²) in [7, 11) is -3.53. The van der Waals surface area contributed by atoms with Gasteiger partial charge in [-0.05, 0) is 31.7 Å². The second-order valence-corrected chi connectivity index (χ2v) is 7.94. The van der Waals surface area contributed by atoms with Gasteiger partial charge >= 0.3 is 0 Å². The van der Waals surface area contributed by atoms with Crippen LogP contribution in [0.5, 0.6) is 0 Å². The third kappa shape index (κ3) is 4.07. The van der Waals surface area contributed by atoms with E-state index < -0.39 is 10.0 Å². The van der Waals surface area contributed by atoms with Gasteiger partial charge in [0.1, 0.15) is 0 Å². The number of rotatable bonds is 7. The highest BCUT2D eigenvalue weighted by molar-refractivity contribution is 7.89. The van der Waals surface area contributed by atoms with Gasteiger partial charge < -0.3 is 9.67 Å². The van der Waals surface area contributed by atoms with Crippen LogP contribution in [0.4, 0.5) is 0 Å². The summed E-state index contributed by atoms with van der Waals surface area (Å²) in [5.41, 5.74) is 0.531. The number of aliphatic hydroxyl groups excluding tert-OH is 1. The Morgan fingerprint density at radius 2 is 2.00 bits per heavy atom. The molecule has 0 spiro atoms. The summed E-state index contributed by atoms with van der Waals surface area (Å²) in [6.45, 7) is 10.2. The van der Waals surface area contributed by atoms with Crippen LogP contribution in [0.2, 0.25) is 0 Å². The van der Waals surface area contributed by atoms with E-state index in [4.69, 9.17) is 0 Å². The minimum absolute atomic E-state index is 0.0759. The van der Waals surface area contributed by atoms with E-state index in [1.54, 1.807) is 10.8 Å². The largest absolute Gasteiger partial charge is 0.390 e. The van der Waals surface area contributed by atoms with E-state index in [2.05, 4.69) is 4.72 Å². The van der Waals surface area contributed by atoms with Crippen molar-refractivity contribution in [1.82, 2.24) is 9.29 Å². The molecule has 1 heterocycles. The number of sulfonamides is 1. The van der Waals surface area contributed by atoms with Gasteiger partial charge in [-0.1, -0.05) is 20.8 Å². The second kappa shape index (κ2) is 6.28. The highest BCUT2D eigenvalue weighted by Gasteiger charge is 2.23. The summed E-state index contributed by atoms with van der Waals surface area (Å²) in [6, 6.07) is 1.63. The number of nitrogens with one attached hydrogen (secondary N) is 1. The molecule has 20 heavy (non-hydrogen) atoms. The Hall–Kier alpha value is -0.850. The van der Waals surface area contributed by atoms with Crippen molar-refractivity contribution in [2.24, 2.45) is 5.41 Å². The molecule has 0 aromatic carbocycles. The third-order valence-corrected chi connectivity index (χ3v) is 5.00. The lowest BCUT2D eigenvalue weighted by Gasteiger charge is -2.22. The molecule has 1 aromatic heterocycles. The maximum absolute atomic E-state index is 12.3. The molecular weight excluding hydrogens is 276 g/mol. The molecule has 1 aromatic rings. The van der Waals surface area contributed by atoms with Gasteiger partial charge in [0.2, 0.25) is 10.0 Å². The van der Waals surface area contributed by atoms with Crippen LogP contribution in [0.3, 0.4) is 0 Å². The number of hydrogen-bond acceptors (Lipinski definition) is 3. The van der Waals surface area contributed by atoms with E-state index in [9.17, 15) is 13.5 Å². The minimum atomic E-state index is -3.53. The molecule has 0 saturated carbocycles. The molecule has 116 valence electrons. The smallest absolute Gasteiger partial charge is 0.242 e. The Morgan fingerprint density at radius 1 is 1.40 bits per heavy atom. The Morgan fingerprint density at radius 3 is 2.40 bits per heavy atom. The van der Waals surface area contributed by atoms with Gasteiger partial charge in [-0.3, -0.25) is 0 Å². The van der Waals surface area contributed by atoms with E-state index in [1.807, 2.05) is 34.6 Å². The number of nitrogens with zero attached hydrogens (tertiary/aromatic N) is 1. The van der Waals surface area contributed by atoms with E-state index in [-0.39, 0.29) is 23.0 Å². The lowest BCUT2D eigenvalue weighted by Crippen LogP contribution is -2.33. The predicted octanol–water partition coefficient (Wildman–Crippen LogP) is 2.28. The van der Waals surface area contributed by atoms with E-state index in [0.717, 1.165) is 6.42 Å². The molecule has 5 nitrogen and oxygen atoms in total. The van der Waals surface area contributed by atoms with Crippen molar-refractivity contribution < 1.29 is 13.5 Å². The summed E-state index contributed by atoms with van der Waals surface area (Å²) in [4.78, 5) is 0.210. The standard InChI is InChI=1S/C14H26N2O3S/c1-6-14(4,5)10-15-20(18,19)13-7-12(9-17)16(8-13)11(2)3/h7-8,11,15,17H,6,9-10H2,1-5H3. The molecule has 1 rings (SSSR count). The highest BCUT2D eigenvalue weighted by atomic mass is 32.2. The van der Waals surface area contributed by atoms with Gasteiger partial charge in [-0.25, -0.2) is 13.1 Å². The van der Waals surface area contributed by atoms with Crippen LogP contribution in [-0.4, -0.2) is 24.6 Å². The molecule has 0 radical (unpaired) electrons. The average Bonchev–Trinajstić information content (AvgIpc) is 2.82. The van der Waals surface area contributed by atoms with Gasteiger partial charge in [0.05, 0.1) is 11.5 Å². The van der Waals surface area contributed by atoms with Gasteiger partial charge in [0.15, 0.2) is 0 Å². The first-order valence-corrected chi connectivity index (χ1v) is 8.42. The predicted molar refractivity (Wildman–Crippen MR) is 80.0 cm³/mol. The normalized spacial score (nSPS) is 13.2. The first kappa shape index (κ1) is 17.2. The lowest BCUT2D eigenvalue weighted by molar-refractivity contribution is 0.268. The quantitative estimate of drug-likeness (QED) is 0.811. The summed E-state index contributed by atoms with van der Waals surface area (Å²) in [5.74, 6) is 0. The zero-order valence-corrected chi connectivity index (χ0v) is 13.8. The molecule has 0 amide bonds. The molecule has 0 saturated heterocycles. The zero-order chi connectivity index (χ0) is 15.6. The highest BCUT2D eigenvalue weighted by Crippen LogP contribution is 2.22. The Kier molecular flexibility index (Phi) is 5.40. The second-order valence-electron chi connectivity index (χ2n) is 6.17. The summed E-state index contributed by atoms with van der Waals surface area (Å²) >= 11 is 0. The van der Waals surface area contributed by atoms with Gasteiger partial charge in [-0.15, -0.1) is 0 Å². The molecule has 0 unspecified atom stereocenters. The van der Waals surface area contributed by atoms with E-state index >= 15 is 0 Å². The van der Waals surface area contributed by atoms with Gasteiger partial charge in [0, 0.05) is 24.5 Å². The van der Waals surface area contributed by atoms with Crippen molar-refractivity contribution in [2.75, 3.05) is 6.54 Å². The fourth-order valence-electron chi connectivity index (χ4n) is 1.75. The molecule has 0 aliphatic heterocycles. The summed E-state index contributed by atoms with van der Waals surface area (Å²) in [5, 5.41) is 9.31. The number of hydrogen-bond donors (Lipinski definition) is 2. The summed E-state index contributed by atoms with van der Waals surface area (Å²) < 4.78 is 29.0. The maximum Gasteiger partial charge on any atom is 0.242 e. The Labute approximate surface area is 122 Å². The van der Waals surface area contributed by atoms with Crippen LogP contribution in [0.15, 0.2) is 17.2 Å².